The molecule has 0 aromatic rings. The van der Waals surface area contributed by atoms with Crippen molar-refractivity contribution in [1.82, 2.24) is 10.2 Å². The molecule has 82 valence electrons. The summed E-state index contributed by atoms with van der Waals surface area (Å²) in [5, 5.41) is 3.43. The van der Waals surface area contributed by atoms with E-state index in [1.54, 1.807) is 4.90 Å². The normalized spacial score (nSPS) is 27.4. The third-order valence-electron chi connectivity index (χ3n) is 3.22. The number of hydrogen-bond acceptors (Lipinski definition) is 2. The fraction of sp³-hybridized carbons (Fsp3) is 0.909. The third-order valence-corrected chi connectivity index (χ3v) is 3.22. The van der Waals surface area contributed by atoms with E-state index in [1.165, 1.54) is 12.8 Å². The standard InChI is InChI=1S/C11H22N2O/c1-4-13(3)11(14)8-10-9(2)6-5-7-12-10/h9-10,12H,4-8H2,1-3H3. The van der Waals surface area contributed by atoms with E-state index in [9.17, 15) is 4.79 Å². The van der Waals surface area contributed by atoms with Crippen molar-refractivity contribution in [2.24, 2.45) is 5.92 Å². The van der Waals surface area contributed by atoms with E-state index in [0.717, 1.165) is 13.1 Å². The molecule has 1 saturated heterocycles. The number of hydrogen-bond donors (Lipinski definition) is 1. The summed E-state index contributed by atoms with van der Waals surface area (Å²) >= 11 is 0. The molecule has 2 unspecified atom stereocenters. The maximum Gasteiger partial charge on any atom is 0.223 e. The fourth-order valence-electron chi connectivity index (χ4n) is 1.91. The fourth-order valence-corrected chi connectivity index (χ4v) is 1.91. The van der Waals surface area contributed by atoms with E-state index < -0.39 is 0 Å². The maximum absolute atomic E-state index is 11.7. The number of carbonyl (C=O) groups excluding carboxylic acids is 1. The van der Waals surface area contributed by atoms with Crippen LogP contribution < -0.4 is 5.32 Å². The molecule has 1 aliphatic rings. The van der Waals surface area contributed by atoms with Gasteiger partial charge in [-0.2, -0.15) is 0 Å². The van der Waals surface area contributed by atoms with Crippen LogP contribution in [-0.2, 0) is 4.79 Å². The monoisotopic (exact) mass is 198 g/mol. The van der Waals surface area contributed by atoms with Crippen molar-refractivity contribution >= 4 is 5.91 Å². The lowest BCUT2D eigenvalue weighted by Crippen LogP contribution is -2.43. The number of amides is 1. The first-order valence-electron chi connectivity index (χ1n) is 5.62. The zero-order valence-corrected chi connectivity index (χ0v) is 9.55. The molecular weight excluding hydrogens is 176 g/mol. The summed E-state index contributed by atoms with van der Waals surface area (Å²) in [5.41, 5.74) is 0. The highest BCUT2D eigenvalue weighted by Crippen LogP contribution is 2.18. The number of nitrogens with one attached hydrogen (secondary N) is 1. The minimum atomic E-state index is 0.263. The average Bonchev–Trinajstić information content (AvgIpc) is 2.20. The van der Waals surface area contributed by atoms with Gasteiger partial charge in [0.25, 0.3) is 0 Å². The largest absolute Gasteiger partial charge is 0.346 e. The van der Waals surface area contributed by atoms with Gasteiger partial charge in [0, 0.05) is 26.1 Å². The van der Waals surface area contributed by atoms with Crippen molar-refractivity contribution in [3.63, 3.8) is 0 Å². The topological polar surface area (TPSA) is 32.3 Å². The molecule has 0 bridgehead atoms. The molecule has 14 heavy (non-hydrogen) atoms. The van der Waals surface area contributed by atoms with E-state index in [4.69, 9.17) is 0 Å². The molecule has 3 heteroatoms. The lowest BCUT2D eigenvalue weighted by molar-refractivity contribution is -0.130. The van der Waals surface area contributed by atoms with Crippen LogP contribution in [0.25, 0.3) is 0 Å². The summed E-state index contributed by atoms with van der Waals surface area (Å²) < 4.78 is 0. The summed E-state index contributed by atoms with van der Waals surface area (Å²) in [6.45, 7) is 6.11. The summed E-state index contributed by atoms with van der Waals surface area (Å²) in [7, 11) is 1.87. The first kappa shape index (κ1) is 11.5. The van der Waals surface area contributed by atoms with Gasteiger partial charge in [0.15, 0.2) is 0 Å². The molecule has 2 atom stereocenters. The maximum atomic E-state index is 11.7. The molecule has 1 rings (SSSR count). The Bertz CT molecular complexity index is 194. The molecule has 0 aromatic carbocycles. The molecule has 0 radical (unpaired) electrons. The molecule has 1 amide bonds. The van der Waals surface area contributed by atoms with E-state index in [0.29, 0.717) is 18.4 Å². The van der Waals surface area contributed by atoms with Gasteiger partial charge in [-0.15, -0.1) is 0 Å². The SMILES string of the molecule is CCN(C)C(=O)CC1NCCCC1C. The molecule has 1 heterocycles. The second-order valence-corrected chi connectivity index (χ2v) is 4.29. The number of rotatable bonds is 3. The van der Waals surface area contributed by atoms with Gasteiger partial charge < -0.3 is 10.2 Å². The molecule has 0 aromatic heterocycles. The highest BCUT2D eigenvalue weighted by atomic mass is 16.2. The Morgan fingerprint density at radius 3 is 2.86 bits per heavy atom. The van der Waals surface area contributed by atoms with Crippen LogP contribution >= 0.6 is 0 Å². The van der Waals surface area contributed by atoms with Gasteiger partial charge in [-0.3, -0.25) is 4.79 Å². The van der Waals surface area contributed by atoms with Gasteiger partial charge in [0.1, 0.15) is 0 Å². The van der Waals surface area contributed by atoms with Gasteiger partial charge in [-0.25, -0.2) is 0 Å². The second kappa shape index (κ2) is 5.35. The Morgan fingerprint density at radius 2 is 2.29 bits per heavy atom. The highest BCUT2D eigenvalue weighted by Gasteiger charge is 2.23. The molecule has 3 nitrogen and oxygen atoms in total. The van der Waals surface area contributed by atoms with Crippen LogP contribution in [0.15, 0.2) is 0 Å². The van der Waals surface area contributed by atoms with Crippen LogP contribution in [0.5, 0.6) is 0 Å². The summed E-state index contributed by atoms with van der Waals surface area (Å²) in [6, 6.07) is 0.394. The van der Waals surface area contributed by atoms with E-state index in [1.807, 2.05) is 14.0 Å². The third kappa shape index (κ3) is 2.98. The predicted molar refractivity (Wildman–Crippen MR) is 58.1 cm³/mol. The van der Waals surface area contributed by atoms with Gasteiger partial charge in [-0.1, -0.05) is 6.92 Å². The van der Waals surface area contributed by atoms with Crippen LogP contribution in [-0.4, -0.2) is 37.0 Å². The first-order chi connectivity index (χ1) is 6.65. The minimum absolute atomic E-state index is 0.263. The van der Waals surface area contributed by atoms with Gasteiger partial charge in [0.05, 0.1) is 0 Å². The van der Waals surface area contributed by atoms with Crippen LogP contribution in [0.1, 0.15) is 33.1 Å². The van der Waals surface area contributed by atoms with E-state index >= 15 is 0 Å². The van der Waals surface area contributed by atoms with Crippen molar-refractivity contribution in [3.05, 3.63) is 0 Å². The van der Waals surface area contributed by atoms with E-state index in [2.05, 4.69) is 12.2 Å². The Hall–Kier alpha value is -0.570. The van der Waals surface area contributed by atoms with Crippen LogP contribution in [0.2, 0.25) is 0 Å². The highest BCUT2D eigenvalue weighted by molar-refractivity contribution is 5.76. The lowest BCUT2D eigenvalue weighted by atomic mass is 9.90. The van der Waals surface area contributed by atoms with Gasteiger partial charge in [-0.05, 0) is 32.2 Å². The average molecular weight is 198 g/mol. The Kier molecular flexibility index (Phi) is 4.39. The van der Waals surface area contributed by atoms with Crippen LogP contribution in [0.3, 0.4) is 0 Å². The van der Waals surface area contributed by atoms with Crippen molar-refractivity contribution in [3.8, 4) is 0 Å². The van der Waals surface area contributed by atoms with Crippen LogP contribution in [0, 0.1) is 5.92 Å². The second-order valence-electron chi connectivity index (χ2n) is 4.29. The van der Waals surface area contributed by atoms with Crippen molar-refractivity contribution < 1.29 is 4.79 Å². The molecule has 0 aliphatic carbocycles. The molecule has 1 aliphatic heterocycles. The molecule has 1 fully saturated rings. The quantitative estimate of drug-likeness (QED) is 0.740. The van der Waals surface area contributed by atoms with Gasteiger partial charge >= 0.3 is 0 Å². The number of piperidine rings is 1. The number of nitrogens with zero attached hydrogens (tertiary/aromatic N) is 1. The predicted octanol–water partition coefficient (Wildman–Crippen LogP) is 1.24. The summed E-state index contributed by atoms with van der Waals surface area (Å²) in [4.78, 5) is 13.5. The van der Waals surface area contributed by atoms with E-state index in [-0.39, 0.29) is 5.91 Å². The minimum Gasteiger partial charge on any atom is -0.346 e. The zero-order chi connectivity index (χ0) is 10.6. The smallest absolute Gasteiger partial charge is 0.223 e. The van der Waals surface area contributed by atoms with Crippen molar-refractivity contribution in [2.75, 3.05) is 20.1 Å². The molecule has 1 N–H and O–H groups in total. The zero-order valence-electron chi connectivity index (χ0n) is 9.55. The van der Waals surface area contributed by atoms with Gasteiger partial charge in [0.2, 0.25) is 5.91 Å². The van der Waals surface area contributed by atoms with Crippen LogP contribution in [0.4, 0.5) is 0 Å². The lowest BCUT2D eigenvalue weighted by Gasteiger charge is -2.30. The molecular formula is C11H22N2O. The van der Waals surface area contributed by atoms with Crippen molar-refractivity contribution in [1.29, 1.82) is 0 Å². The molecule has 0 saturated carbocycles. The number of carbonyl (C=O) groups is 1. The first-order valence-corrected chi connectivity index (χ1v) is 5.62. The Balaban J connectivity index is 2.38. The van der Waals surface area contributed by atoms with Crippen molar-refractivity contribution in [2.45, 2.75) is 39.2 Å². The summed E-state index contributed by atoms with van der Waals surface area (Å²) in [6.07, 6.45) is 3.15. The summed E-state index contributed by atoms with van der Waals surface area (Å²) in [5.74, 6) is 0.900. The molecule has 0 spiro atoms. The Morgan fingerprint density at radius 1 is 1.57 bits per heavy atom. The Labute approximate surface area is 86.9 Å².